The lowest BCUT2D eigenvalue weighted by atomic mass is 10.2. The molecule has 17 heavy (non-hydrogen) atoms. The van der Waals surface area contributed by atoms with Crippen LogP contribution in [-0.4, -0.2) is 28.1 Å². The Kier molecular flexibility index (Phi) is 4.31. The Morgan fingerprint density at radius 1 is 1.41 bits per heavy atom. The summed E-state index contributed by atoms with van der Waals surface area (Å²) in [6.07, 6.45) is 0.716. The molecule has 0 spiro atoms. The van der Waals surface area contributed by atoms with Crippen LogP contribution >= 0.6 is 23.2 Å². The van der Waals surface area contributed by atoms with E-state index in [4.69, 9.17) is 33.0 Å². The number of halogens is 2. The number of pyridine rings is 1. The van der Waals surface area contributed by atoms with Crippen molar-refractivity contribution < 1.29 is 19.4 Å². The monoisotopic (exact) mass is 277 g/mol. The first-order chi connectivity index (χ1) is 7.84. The molecule has 0 amide bonds. The van der Waals surface area contributed by atoms with E-state index in [1.165, 1.54) is 0 Å². The highest BCUT2D eigenvalue weighted by molar-refractivity contribution is 6.44. The lowest BCUT2D eigenvalue weighted by Crippen LogP contribution is -2.17. The molecule has 7 heteroatoms. The van der Waals surface area contributed by atoms with E-state index < -0.39 is 17.5 Å². The SMILES string of the molecule is CC(C)OC(=O)c1ncc(Cl)c(Cl)c1C(=O)O. The average Bonchev–Trinajstić information content (AvgIpc) is 2.19. The van der Waals surface area contributed by atoms with Gasteiger partial charge < -0.3 is 9.84 Å². The maximum absolute atomic E-state index is 11.6. The molecule has 0 aliphatic heterocycles. The molecule has 1 aromatic heterocycles. The van der Waals surface area contributed by atoms with Crippen molar-refractivity contribution in [3.05, 3.63) is 27.5 Å². The molecule has 0 fully saturated rings. The summed E-state index contributed by atoms with van der Waals surface area (Å²) in [6, 6.07) is 0. The van der Waals surface area contributed by atoms with E-state index in [1.807, 2.05) is 0 Å². The first-order valence-corrected chi connectivity index (χ1v) is 5.38. The second-order valence-electron chi connectivity index (χ2n) is 3.40. The lowest BCUT2D eigenvalue weighted by molar-refractivity contribution is 0.0363. The number of aromatic carboxylic acids is 1. The quantitative estimate of drug-likeness (QED) is 0.860. The number of carboxylic acid groups (broad SMARTS) is 1. The Balaban J connectivity index is 3.29. The zero-order chi connectivity index (χ0) is 13.2. The molecule has 0 bridgehead atoms. The summed E-state index contributed by atoms with van der Waals surface area (Å²) in [5.41, 5.74) is -0.814. The van der Waals surface area contributed by atoms with Gasteiger partial charge in [0.15, 0.2) is 5.69 Å². The van der Waals surface area contributed by atoms with Crippen molar-refractivity contribution in [3.8, 4) is 0 Å². The molecular formula is C10H9Cl2NO4. The minimum atomic E-state index is -1.39. The normalized spacial score (nSPS) is 10.4. The Morgan fingerprint density at radius 3 is 2.47 bits per heavy atom. The van der Waals surface area contributed by atoms with Crippen LogP contribution in [0.1, 0.15) is 34.7 Å². The maximum Gasteiger partial charge on any atom is 0.358 e. The largest absolute Gasteiger partial charge is 0.478 e. The van der Waals surface area contributed by atoms with Crippen LogP contribution in [0.15, 0.2) is 6.20 Å². The van der Waals surface area contributed by atoms with E-state index >= 15 is 0 Å². The molecule has 0 saturated carbocycles. The zero-order valence-corrected chi connectivity index (χ0v) is 10.5. The van der Waals surface area contributed by atoms with Gasteiger partial charge in [-0.25, -0.2) is 14.6 Å². The van der Waals surface area contributed by atoms with Crippen molar-refractivity contribution >= 4 is 35.1 Å². The predicted molar refractivity (Wildman–Crippen MR) is 61.8 cm³/mol. The van der Waals surface area contributed by atoms with E-state index in [2.05, 4.69) is 4.98 Å². The highest BCUT2D eigenvalue weighted by Gasteiger charge is 2.25. The topological polar surface area (TPSA) is 76.5 Å². The molecule has 0 aromatic carbocycles. The van der Waals surface area contributed by atoms with Crippen molar-refractivity contribution in [2.45, 2.75) is 20.0 Å². The summed E-state index contributed by atoms with van der Waals surface area (Å²) >= 11 is 11.3. The number of nitrogens with zero attached hydrogens (tertiary/aromatic N) is 1. The summed E-state index contributed by atoms with van der Waals surface area (Å²) in [4.78, 5) is 26.2. The molecule has 0 saturated heterocycles. The van der Waals surface area contributed by atoms with Crippen molar-refractivity contribution in [1.29, 1.82) is 0 Å². The highest BCUT2D eigenvalue weighted by atomic mass is 35.5. The molecule has 1 N–H and O–H groups in total. The Labute approximate surface area is 107 Å². The molecule has 0 aliphatic carbocycles. The van der Waals surface area contributed by atoms with E-state index in [0.717, 1.165) is 6.20 Å². The number of aromatic nitrogens is 1. The number of ether oxygens (including phenoxy) is 1. The molecule has 0 aliphatic rings. The first-order valence-electron chi connectivity index (χ1n) is 4.62. The maximum atomic E-state index is 11.6. The van der Waals surface area contributed by atoms with Crippen LogP contribution in [0.4, 0.5) is 0 Å². The Hall–Kier alpha value is -1.33. The van der Waals surface area contributed by atoms with E-state index in [0.29, 0.717) is 0 Å². The molecule has 1 rings (SSSR count). The third-order valence-corrected chi connectivity index (χ3v) is 2.50. The van der Waals surface area contributed by atoms with Crippen LogP contribution in [0.3, 0.4) is 0 Å². The second-order valence-corrected chi connectivity index (χ2v) is 4.19. The van der Waals surface area contributed by atoms with Gasteiger partial charge in [0, 0.05) is 6.20 Å². The van der Waals surface area contributed by atoms with Crippen LogP contribution in [0.2, 0.25) is 10.0 Å². The summed E-state index contributed by atoms with van der Waals surface area (Å²) in [5.74, 6) is -2.24. The van der Waals surface area contributed by atoms with Crippen LogP contribution in [0.25, 0.3) is 0 Å². The van der Waals surface area contributed by atoms with Crippen LogP contribution in [0, 0.1) is 0 Å². The smallest absolute Gasteiger partial charge is 0.358 e. The van der Waals surface area contributed by atoms with Gasteiger partial charge in [0.05, 0.1) is 16.1 Å². The number of hydrogen-bond acceptors (Lipinski definition) is 4. The third-order valence-electron chi connectivity index (χ3n) is 1.72. The number of carbonyl (C=O) groups is 2. The van der Waals surface area contributed by atoms with Gasteiger partial charge in [0.2, 0.25) is 0 Å². The van der Waals surface area contributed by atoms with Crippen LogP contribution in [-0.2, 0) is 4.74 Å². The summed E-state index contributed by atoms with van der Waals surface area (Å²) in [5, 5.41) is 8.69. The summed E-state index contributed by atoms with van der Waals surface area (Å²) in [6.45, 7) is 3.27. The molecule has 92 valence electrons. The fourth-order valence-corrected chi connectivity index (χ4v) is 1.45. The summed E-state index contributed by atoms with van der Waals surface area (Å²) in [7, 11) is 0. The van der Waals surface area contributed by atoms with Gasteiger partial charge in [-0.15, -0.1) is 0 Å². The second kappa shape index (κ2) is 5.33. The Morgan fingerprint density at radius 2 is 2.00 bits per heavy atom. The standard InChI is InChI=1S/C10H9Cl2NO4/c1-4(2)17-10(16)8-6(9(14)15)7(12)5(11)3-13-8/h3-4H,1-2H3,(H,14,15). The van der Waals surface area contributed by atoms with Gasteiger partial charge in [-0.2, -0.15) is 0 Å². The highest BCUT2D eigenvalue weighted by Crippen LogP contribution is 2.27. The van der Waals surface area contributed by atoms with Gasteiger partial charge >= 0.3 is 11.9 Å². The predicted octanol–water partition coefficient (Wildman–Crippen LogP) is 2.65. The number of carboxylic acids is 1. The zero-order valence-electron chi connectivity index (χ0n) is 9.03. The minimum absolute atomic E-state index is 0.0369. The van der Waals surface area contributed by atoms with E-state index in [9.17, 15) is 9.59 Å². The van der Waals surface area contributed by atoms with Crippen LogP contribution < -0.4 is 0 Å². The number of rotatable bonds is 3. The number of esters is 1. The van der Waals surface area contributed by atoms with E-state index in [1.54, 1.807) is 13.8 Å². The van der Waals surface area contributed by atoms with Crippen molar-refractivity contribution in [1.82, 2.24) is 4.98 Å². The van der Waals surface area contributed by atoms with Crippen LogP contribution in [0.5, 0.6) is 0 Å². The molecule has 1 aromatic rings. The van der Waals surface area contributed by atoms with Gasteiger partial charge in [-0.3, -0.25) is 0 Å². The molecule has 0 radical (unpaired) electrons. The molecule has 1 heterocycles. The molecular weight excluding hydrogens is 269 g/mol. The van der Waals surface area contributed by atoms with E-state index in [-0.39, 0.29) is 21.8 Å². The fraction of sp³-hybridized carbons (Fsp3) is 0.300. The van der Waals surface area contributed by atoms with Crippen molar-refractivity contribution in [2.24, 2.45) is 0 Å². The molecule has 0 atom stereocenters. The number of carbonyl (C=O) groups excluding carboxylic acids is 1. The minimum Gasteiger partial charge on any atom is -0.478 e. The van der Waals surface area contributed by atoms with Gasteiger partial charge in [0.25, 0.3) is 0 Å². The first kappa shape index (κ1) is 13.7. The Bertz CT molecular complexity index is 474. The van der Waals surface area contributed by atoms with Gasteiger partial charge in [-0.05, 0) is 13.8 Å². The van der Waals surface area contributed by atoms with Gasteiger partial charge in [-0.1, -0.05) is 23.2 Å². The number of hydrogen-bond donors (Lipinski definition) is 1. The third kappa shape index (κ3) is 3.08. The van der Waals surface area contributed by atoms with Crippen molar-refractivity contribution in [3.63, 3.8) is 0 Å². The lowest BCUT2D eigenvalue weighted by Gasteiger charge is -2.10. The molecule has 0 unspecified atom stereocenters. The van der Waals surface area contributed by atoms with Crippen molar-refractivity contribution in [2.75, 3.05) is 0 Å². The van der Waals surface area contributed by atoms with Gasteiger partial charge in [0.1, 0.15) is 5.56 Å². The molecule has 5 nitrogen and oxygen atoms in total. The average molecular weight is 278 g/mol. The summed E-state index contributed by atoms with van der Waals surface area (Å²) < 4.78 is 4.86. The fourth-order valence-electron chi connectivity index (χ4n) is 1.09.